The van der Waals surface area contributed by atoms with E-state index in [9.17, 15) is 0 Å². The Balaban J connectivity index is 2.03. The summed E-state index contributed by atoms with van der Waals surface area (Å²) in [6, 6.07) is 0. The molecule has 3 rings (SSSR count). The van der Waals surface area contributed by atoms with Crippen LogP contribution in [0.1, 0.15) is 37.7 Å². The fourth-order valence-corrected chi connectivity index (χ4v) is 4.44. The van der Waals surface area contributed by atoms with Crippen LogP contribution in [0.3, 0.4) is 0 Å². The third-order valence-electron chi connectivity index (χ3n) is 3.89. The number of nitrogens with zero attached hydrogens (tertiary/aromatic N) is 4. The van der Waals surface area contributed by atoms with Crippen molar-refractivity contribution in [2.24, 2.45) is 7.05 Å². The van der Waals surface area contributed by atoms with Crippen molar-refractivity contribution < 1.29 is 0 Å². The molecule has 20 heavy (non-hydrogen) atoms. The van der Waals surface area contributed by atoms with E-state index in [1.807, 2.05) is 11.7 Å². The van der Waals surface area contributed by atoms with Gasteiger partial charge in [0.25, 0.3) is 0 Å². The lowest BCUT2D eigenvalue weighted by Crippen LogP contribution is -2.14. The van der Waals surface area contributed by atoms with Crippen LogP contribution in [0.5, 0.6) is 0 Å². The molecule has 2 aromatic rings. The second kappa shape index (κ2) is 5.98. The van der Waals surface area contributed by atoms with Gasteiger partial charge in [0.1, 0.15) is 11.3 Å². The molecular weight excluding hydrogens is 292 g/mol. The van der Waals surface area contributed by atoms with Crippen LogP contribution in [-0.2, 0) is 25.9 Å². The molecule has 1 aliphatic rings. The SMILES string of the molecule is CCCc1nn(C)c2c1nc(CCl)n2CC1CCCS1. The normalized spacial score (nSPS) is 19.2. The molecule has 2 aromatic heterocycles. The number of fused-ring (bicyclic) bond motifs is 1. The van der Waals surface area contributed by atoms with Crippen LogP contribution >= 0.6 is 23.4 Å². The molecule has 0 amide bonds. The van der Waals surface area contributed by atoms with Gasteiger partial charge < -0.3 is 4.57 Å². The average molecular weight is 313 g/mol. The maximum absolute atomic E-state index is 6.11. The molecule has 0 spiro atoms. The Morgan fingerprint density at radius 3 is 2.95 bits per heavy atom. The lowest BCUT2D eigenvalue weighted by molar-refractivity contribution is 0.612. The summed E-state index contributed by atoms with van der Waals surface area (Å²) in [6.45, 7) is 3.18. The van der Waals surface area contributed by atoms with Gasteiger partial charge in [0, 0.05) is 18.8 Å². The maximum atomic E-state index is 6.11. The summed E-state index contributed by atoms with van der Waals surface area (Å²) in [6.07, 6.45) is 4.70. The van der Waals surface area contributed by atoms with Gasteiger partial charge in [-0.25, -0.2) is 4.98 Å². The van der Waals surface area contributed by atoms with E-state index in [4.69, 9.17) is 16.6 Å². The summed E-state index contributed by atoms with van der Waals surface area (Å²) >= 11 is 8.18. The lowest BCUT2D eigenvalue weighted by atomic mass is 10.2. The molecule has 0 N–H and O–H groups in total. The molecule has 110 valence electrons. The number of aromatic nitrogens is 4. The molecule has 1 aliphatic heterocycles. The van der Waals surface area contributed by atoms with E-state index in [0.717, 1.165) is 42.1 Å². The van der Waals surface area contributed by atoms with Crippen LogP contribution in [0.25, 0.3) is 11.2 Å². The monoisotopic (exact) mass is 312 g/mol. The van der Waals surface area contributed by atoms with E-state index >= 15 is 0 Å². The number of imidazole rings is 1. The summed E-state index contributed by atoms with van der Waals surface area (Å²) in [5.74, 6) is 2.74. The van der Waals surface area contributed by atoms with E-state index in [1.165, 1.54) is 18.6 Å². The molecule has 0 aromatic carbocycles. The topological polar surface area (TPSA) is 35.6 Å². The fourth-order valence-electron chi connectivity index (χ4n) is 2.98. The summed E-state index contributed by atoms with van der Waals surface area (Å²) in [7, 11) is 2.01. The number of rotatable bonds is 5. The zero-order chi connectivity index (χ0) is 14.1. The Bertz CT molecular complexity index is 598. The third kappa shape index (κ3) is 2.46. The molecule has 0 radical (unpaired) electrons. The summed E-state index contributed by atoms with van der Waals surface area (Å²) in [5, 5.41) is 5.33. The van der Waals surface area contributed by atoms with Gasteiger partial charge in [0.15, 0.2) is 5.65 Å². The van der Waals surface area contributed by atoms with Gasteiger partial charge in [-0.1, -0.05) is 13.3 Å². The highest BCUT2D eigenvalue weighted by atomic mass is 35.5. The first kappa shape index (κ1) is 14.3. The molecular formula is C14H21ClN4S. The van der Waals surface area contributed by atoms with Gasteiger partial charge in [0.05, 0.1) is 11.6 Å². The quantitative estimate of drug-likeness (QED) is 0.794. The number of hydrogen-bond donors (Lipinski definition) is 0. The van der Waals surface area contributed by atoms with E-state index in [0.29, 0.717) is 11.1 Å². The van der Waals surface area contributed by atoms with Gasteiger partial charge in [-0.2, -0.15) is 16.9 Å². The van der Waals surface area contributed by atoms with Gasteiger partial charge in [-0.15, -0.1) is 11.6 Å². The minimum atomic E-state index is 0.470. The lowest BCUT2D eigenvalue weighted by Gasteiger charge is -2.12. The van der Waals surface area contributed by atoms with Gasteiger partial charge in [-0.3, -0.25) is 4.68 Å². The number of hydrogen-bond acceptors (Lipinski definition) is 3. The molecule has 3 heterocycles. The van der Waals surface area contributed by atoms with Crippen molar-refractivity contribution >= 4 is 34.5 Å². The fraction of sp³-hybridized carbons (Fsp3) is 0.714. The average Bonchev–Trinajstić information content (AvgIpc) is 3.11. The van der Waals surface area contributed by atoms with Crippen molar-refractivity contribution in [1.29, 1.82) is 0 Å². The predicted molar refractivity (Wildman–Crippen MR) is 85.5 cm³/mol. The van der Waals surface area contributed by atoms with Crippen LogP contribution in [0.4, 0.5) is 0 Å². The Labute approximate surface area is 128 Å². The summed E-state index contributed by atoms with van der Waals surface area (Å²) < 4.78 is 4.26. The smallest absolute Gasteiger partial charge is 0.158 e. The molecule has 0 aliphatic carbocycles. The Hall–Kier alpha value is -0.680. The van der Waals surface area contributed by atoms with Crippen LogP contribution in [0.15, 0.2) is 0 Å². The van der Waals surface area contributed by atoms with Crippen molar-refractivity contribution in [2.45, 2.75) is 50.3 Å². The zero-order valence-corrected chi connectivity index (χ0v) is 13.7. The molecule has 1 unspecified atom stereocenters. The standard InChI is InChI=1S/C14H21ClN4S/c1-3-5-11-13-14(18(2)17-11)19(12(8-15)16-13)9-10-6-4-7-20-10/h10H,3-9H2,1-2H3. The highest BCUT2D eigenvalue weighted by Crippen LogP contribution is 2.30. The van der Waals surface area contributed by atoms with Crippen LogP contribution in [-0.4, -0.2) is 30.3 Å². The number of thioether (sulfide) groups is 1. The molecule has 0 bridgehead atoms. The maximum Gasteiger partial charge on any atom is 0.158 e. The van der Waals surface area contributed by atoms with Crippen molar-refractivity contribution in [1.82, 2.24) is 19.3 Å². The van der Waals surface area contributed by atoms with Crippen molar-refractivity contribution in [3.8, 4) is 0 Å². The largest absolute Gasteiger partial charge is 0.311 e. The van der Waals surface area contributed by atoms with Crippen molar-refractivity contribution in [3.05, 3.63) is 11.5 Å². The Morgan fingerprint density at radius 2 is 2.30 bits per heavy atom. The Kier molecular flexibility index (Phi) is 4.26. The minimum absolute atomic E-state index is 0.470. The molecule has 0 saturated carbocycles. The first-order valence-electron chi connectivity index (χ1n) is 7.33. The third-order valence-corrected chi connectivity index (χ3v) is 5.51. The first-order valence-corrected chi connectivity index (χ1v) is 8.91. The van der Waals surface area contributed by atoms with Crippen LogP contribution in [0, 0.1) is 0 Å². The van der Waals surface area contributed by atoms with Gasteiger partial charge >= 0.3 is 0 Å². The predicted octanol–water partition coefficient (Wildman–Crippen LogP) is 3.36. The molecule has 1 saturated heterocycles. The second-order valence-electron chi connectivity index (χ2n) is 5.40. The van der Waals surface area contributed by atoms with E-state index in [1.54, 1.807) is 0 Å². The summed E-state index contributed by atoms with van der Waals surface area (Å²) in [4.78, 5) is 4.75. The van der Waals surface area contributed by atoms with Gasteiger partial charge in [-0.05, 0) is 25.0 Å². The molecule has 1 fully saturated rings. The number of alkyl halides is 1. The second-order valence-corrected chi connectivity index (χ2v) is 7.08. The first-order chi connectivity index (χ1) is 9.74. The van der Waals surface area contributed by atoms with Gasteiger partial charge in [0.2, 0.25) is 0 Å². The van der Waals surface area contributed by atoms with Crippen molar-refractivity contribution in [3.63, 3.8) is 0 Å². The Morgan fingerprint density at radius 1 is 1.45 bits per heavy atom. The highest BCUT2D eigenvalue weighted by molar-refractivity contribution is 8.00. The van der Waals surface area contributed by atoms with Crippen molar-refractivity contribution in [2.75, 3.05) is 5.75 Å². The minimum Gasteiger partial charge on any atom is -0.311 e. The highest BCUT2D eigenvalue weighted by Gasteiger charge is 2.22. The molecule has 1 atom stereocenters. The summed E-state index contributed by atoms with van der Waals surface area (Å²) in [5.41, 5.74) is 3.29. The molecule has 6 heteroatoms. The molecule has 4 nitrogen and oxygen atoms in total. The number of aryl methyl sites for hydroxylation is 2. The van der Waals surface area contributed by atoms with E-state index in [2.05, 4.69) is 28.4 Å². The van der Waals surface area contributed by atoms with Crippen LogP contribution in [0.2, 0.25) is 0 Å². The van der Waals surface area contributed by atoms with E-state index < -0.39 is 0 Å². The van der Waals surface area contributed by atoms with E-state index in [-0.39, 0.29) is 0 Å². The zero-order valence-electron chi connectivity index (χ0n) is 12.1. The number of halogens is 1. The van der Waals surface area contributed by atoms with Crippen LogP contribution < -0.4 is 0 Å².